The third kappa shape index (κ3) is 4.25. The number of ether oxygens (including phenoxy) is 1. The van der Waals surface area contributed by atoms with E-state index in [1.807, 2.05) is 0 Å². The second-order valence-corrected chi connectivity index (χ2v) is 5.05. The summed E-state index contributed by atoms with van der Waals surface area (Å²) in [7, 11) is 0. The molecule has 19 heavy (non-hydrogen) atoms. The molecule has 0 aliphatic carbocycles. The predicted molar refractivity (Wildman–Crippen MR) is 69.2 cm³/mol. The molecule has 4 heteroatoms. The van der Waals surface area contributed by atoms with Crippen molar-refractivity contribution < 1.29 is 18.6 Å². The molecule has 1 aromatic rings. The zero-order valence-corrected chi connectivity index (χ0v) is 10.9. The molecule has 2 atom stereocenters. The number of halogens is 2. The van der Waals surface area contributed by atoms with Crippen molar-refractivity contribution in [2.45, 2.75) is 50.7 Å². The zero-order chi connectivity index (χ0) is 13.7. The van der Waals surface area contributed by atoms with Crippen molar-refractivity contribution in [1.29, 1.82) is 0 Å². The van der Waals surface area contributed by atoms with E-state index in [0.29, 0.717) is 18.1 Å². The van der Waals surface area contributed by atoms with E-state index in [1.54, 1.807) is 12.1 Å². The van der Waals surface area contributed by atoms with E-state index in [9.17, 15) is 13.9 Å². The van der Waals surface area contributed by atoms with Crippen LogP contribution in [-0.4, -0.2) is 17.8 Å². The molecule has 0 spiro atoms. The molecule has 0 radical (unpaired) electrons. The SMILES string of the molecule is OC(CCCC1CCCO1)c1cccc(C(F)F)c1. The van der Waals surface area contributed by atoms with Crippen molar-refractivity contribution in [2.75, 3.05) is 6.61 Å². The molecular formula is C15H20F2O2. The first-order chi connectivity index (χ1) is 9.16. The van der Waals surface area contributed by atoms with Gasteiger partial charge < -0.3 is 9.84 Å². The highest BCUT2D eigenvalue weighted by molar-refractivity contribution is 5.25. The summed E-state index contributed by atoms with van der Waals surface area (Å²) in [5.74, 6) is 0. The summed E-state index contributed by atoms with van der Waals surface area (Å²) in [6.45, 7) is 0.837. The van der Waals surface area contributed by atoms with Gasteiger partial charge in [-0.05, 0) is 43.7 Å². The van der Waals surface area contributed by atoms with Crippen LogP contribution < -0.4 is 0 Å². The van der Waals surface area contributed by atoms with Gasteiger partial charge >= 0.3 is 0 Å². The van der Waals surface area contributed by atoms with Gasteiger partial charge in [0.25, 0.3) is 6.43 Å². The van der Waals surface area contributed by atoms with Crippen LogP contribution in [0.15, 0.2) is 24.3 Å². The monoisotopic (exact) mass is 270 g/mol. The third-order valence-corrected chi connectivity index (χ3v) is 3.58. The number of aliphatic hydroxyl groups excluding tert-OH is 1. The van der Waals surface area contributed by atoms with Crippen LogP contribution in [0.4, 0.5) is 8.78 Å². The fraction of sp³-hybridized carbons (Fsp3) is 0.600. The Morgan fingerprint density at radius 1 is 1.32 bits per heavy atom. The summed E-state index contributed by atoms with van der Waals surface area (Å²) < 4.78 is 30.6. The van der Waals surface area contributed by atoms with Gasteiger partial charge in [-0.3, -0.25) is 0 Å². The van der Waals surface area contributed by atoms with Gasteiger partial charge in [0, 0.05) is 12.2 Å². The van der Waals surface area contributed by atoms with Crippen molar-refractivity contribution in [3.05, 3.63) is 35.4 Å². The molecule has 1 aromatic carbocycles. The van der Waals surface area contributed by atoms with Crippen molar-refractivity contribution >= 4 is 0 Å². The van der Waals surface area contributed by atoms with Crippen molar-refractivity contribution in [1.82, 2.24) is 0 Å². The molecule has 0 saturated carbocycles. The van der Waals surface area contributed by atoms with Crippen LogP contribution in [0.2, 0.25) is 0 Å². The first-order valence-electron chi connectivity index (χ1n) is 6.84. The Kier molecular flexibility index (Phi) is 5.28. The minimum Gasteiger partial charge on any atom is -0.388 e. The Bertz CT molecular complexity index is 389. The van der Waals surface area contributed by atoms with Crippen LogP contribution in [0, 0.1) is 0 Å². The van der Waals surface area contributed by atoms with Gasteiger partial charge in [-0.25, -0.2) is 8.78 Å². The molecule has 2 rings (SSSR count). The first-order valence-corrected chi connectivity index (χ1v) is 6.84. The molecule has 1 saturated heterocycles. The molecule has 1 aliphatic heterocycles. The molecule has 2 unspecified atom stereocenters. The number of hydrogen-bond acceptors (Lipinski definition) is 2. The van der Waals surface area contributed by atoms with Crippen molar-refractivity contribution in [3.8, 4) is 0 Å². The maximum atomic E-state index is 12.6. The molecular weight excluding hydrogens is 250 g/mol. The van der Waals surface area contributed by atoms with Crippen LogP contribution >= 0.6 is 0 Å². The average molecular weight is 270 g/mol. The van der Waals surface area contributed by atoms with E-state index in [-0.39, 0.29) is 5.56 Å². The lowest BCUT2D eigenvalue weighted by atomic mass is 10.00. The normalized spacial score (nSPS) is 20.9. The Morgan fingerprint density at radius 2 is 2.11 bits per heavy atom. The van der Waals surface area contributed by atoms with E-state index < -0.39 is 12.5 Å². The maximum absolute atomic E-state index is 12.6. The number of hydrogen-bond donors (Lipinski definition) is 1. The Labute approximate surface area is 112 Å². The van der Waals surface area contributed by atoms with E-state index >= 15 is 0 Å². The summed E-state index contributed by atoms with van der Waals surface area (Å²) in [4.78, 5) is 0. The van der Waals surface area contributed by atoms with Crippen molar-refractivity contribution in [2.24, 2.45) is 0 Å². The van der Waals surface area contributed by atoms with Crippen molar-refractivity contribution in [3.63, 3.8) is 0 Å². The van der Waals surface area contributed by atoms with E-state index in [1.165, 1.54) is 12.1 Å². The molecule has 0 bridgehead atoms. The number of benzene rings is 1. The third-order valence-electron chi connectivity index (χ3n) is 3.58. The van der Waals surface area contributed by atoms with Crippen LogP contribution in [0.1, 0.15) is 55.8 Å². The summed E-state index contributed by atoms with van der Waals surface area (Å²) in [6, 6.07) is 6.04. The highest BCUT2D eigenvalue weighted by Crippen LogP contribution is 2.26. The molecule has 106 valence electrons. The summed E-state index contributed by atoms with van der Waals surface area (Å²) in [5, 5.41) is 10.0. The van der Waals surface area contributed by atoms with Gasteiger partial charge in [-0.15, -0.1) is 0 Å². The van der Waals surface area contributed by atoms with Gasteiger partial charge in [0.2, 0.25) is 0 Å². The second-order valence-electron chi connectivity index (χ2n) is 5.05. The smallest absolute Gasteiger partial charge is 0.263 e. The van der Waals surface area contributed by atoms with Crippen LogP contribution in [-0.2, 0) is 4.74 Å². The Morgan fingerprint density at radius 3 is 2.79 bits per heavy atom. The summed E-state index contributed by atoms with van der Waals surface area (Å²) in [6.07, 6.45) is 1.75. The molecule has 2 nitrogen and oxygen atoms in total. The number of aliphatic hydroxyl groups is 1. The zero-order valence-electron chi connectivity index (χ0n) is 10.9. The second kappa shape index (κ2) is 6.96. The minimum atomic E-state index is -2.49. The van der Waals surface area contributed by atoms with Gasteiger partial charge in [-0.2, -0.15) is 0 Å². The lowest BCUT2D eigenvalue weighted by Crippen LogP contribution is -2.06. The predicted octanol–water partition coefficient (Wildman–Crippen LogP) is 4.01. The largest absolute Gasteiger partial charge is 0.388 e. The van der Waals surface area contributed by atoms with E-state index in [4.69, 9.17) is 4.74 Å². The first kappa shape index (κ1) is 14.4. The lowest BCUT2D eigenvalue weighted by Gasteiger charge is -2.14. The van der Waals surface area contributed by atoms with Crippen LogP contribution in [0.3, 0.4) is 0 Å². The van der Waals surface area contributed by atoms with E-state index in [0.717, 1.165) is 32.3 Å². The maximum Gasteiger partial charge on any atom is 0.263 e. The van der Waals surface area contributed by atoms with Crippen LogP contribution in [0.5, 0.6) is 0 Å². The molecule has 1 aliphatic rings. The summed E-state index contributed by atoms with van der Waals surface area (Å²) >= 11 is 0. The highest BCUT2D eigenvalue weighted by atomic mass is 19.3. The number of rotatable bonds is 6. The Balaban J connectivity index is 1.81. The standard InChI is InChI=1S/C15H20F2O2/c16-15(17)12-5-1-4-11(10-12)14(18)8-2-6-13-7-3-9-19-13/h1,4-5,10,13-15,18H,2-3,6-9H2. The molecule has 0 aromatic heterocycles. The fourth-order valence-corrected chi connectivity index (χ4v) is 2.48. The van der Waals surface area contributed by atoms with Gasteiger partial charge in [0.1, 0.15) is 0 Å². The molecule has 0 amide bonds. The van der Waals surface area contributed by atoms with Gasteiger partial charge in [-0.1, -0.05) is 18.2 Å². The van der Waals surface area contributed by atoms with Gasteiger partial charge in [0.15, 0.2) is 0 Å². The molecule has 1 heterocycles. The number of alkyl halides is 2. The van der Waals surface area contributed by atoms with E-state index in [2.05, 4.69) is 0 Å². The molecule has 1 N–H and O–H groups in total. The highest BCUT2D eigenvalue weighted by Gasteiger charge is 2.16. The summed E-state index contributed by atoms with van der Waals surface area (Å²) in [5.41, 5.74) is 0.542. The topological polar surface area (TPSA) is 29.5 Å². The quantitative estimate of drug-likeness (QED) is 0.846. The minimum absolute atomic E-state index is 0.0318. The lowest BCUT2D eigenvalue weighted by molar-refractivity contribution is 0.0944. The average Bonchev–Trinajstić information content (AvgIpc) is 2.92. The Hall–Kier alpha value is -1.00. The van der Waals surface area contributed by atoms with Crippen LogP contribution in [0.25, 0.3) is 0 Å². The van der Waals surface area contributed by atoms with Gasteiger partial charge in [0.05, 0.1) is 12.2 Å². The molecule has 1 fully saturated rings. The fourth-order valence-electron chi connectivity index (χ4n) is 2.48.